The molecule has 1 aromatic carbocycles. The lowest BCUT2D eigenvalue weighted by molar-refractivity contribution is -0.142. The van der Waals surface area contributed by atoms with Crippen molar-refractivity contribution in [3.8, 4) is 0 Å². The summed E-state index contributed by atoms with van der Waals surface area (Å²) in [6, 6.07) is 5.48. The number of likely N-dealkylation sites (tertiary alicyclic amines) is 1. The summed E-state index contributed by atoms with van der Waals surface area (Å²) in [5.74, 6) is -1.44. The smallest absolute Gasteiger partial charge is 0.244 e. The molecule has 25 heavy (non-hydrogen) atoms. The average molecular weight is 355 g/mol. The average Bonchev–Trinajstić information content (AvgIpc) is 3.07. The number of imide groups is 1. The summed E-state index contributed by atoms with van der Waals surface area (Å²) in [7, 11) is 0. The number of rotatable bonds is 3. The number of aromatic nitrogens is 1. The SMILES string of the molecule is Cc1nc2ccc(NC(=O)CN3C(=O)[C@@H]4CC=CC[C@H]4C3=O)cc2s1. The highest BCUT2D eigenvalue weighted by molar-refractivity contribution is 7.18. The van der Waals surface area contributed by atoms with E-state index < -0.39 is 0 Å². The van der Waals surface area contributed by atoms with E-state index in [1.54, 1.807) is 17.4 Å². The van der Waals surface area contributed by atoms with Crippen LogP contribution in [0, 0.1) is 18.8 Å². The van der Waals surface area contributed by atoms with Gasteiger partial charge in [-0.05, 0) is 38.0 Å². The van der Waals surface area contributed by atoms with Crippen LogP contribution in [-0.2, 0) is 14.4 Å². The van der Waals surface area contributed by atoms with Crippen LogP contribution in [0.25, 0.3) is 10.2 Å². The first kappa shape index (κ1) is 16.0. The van der Waals surface area contributed by atoms with Crippen molar-refractivity contribution >= 4 is 45.0 Å². The third-order valence-corrected chi connectivity index (χ3v) is 5.61. The van der Waals surface area contributed by atoms with E-state index in [0.717, 1.165) is 20.1 Å². The number of amides is 3. The second kappa shape index (κ2) is 6.07. The number of aryl methyl sites for hydroxylation is 1. The Morgan fingerprint density at radius 3 is 2.60 bits per heavy atom. The van der Waals surface area contributed by atoms with Crippen LogP contribution in [0.4, 0.5) is 5.69 Å². The minimum Gasteiger partial charge on any atom is -0.324 e. The quantitative estimate of drug-likeness (QED) is 0.678. The first-order chi connectivity index (χ1) is 12.0. The largest absolute Gasteiger partial charge is 0.324 e. The van der Waals surface area contributed by atoms with Gasteiger partial charge in [0, 0.05) is 5.69 Å². The highest BCUT2D eigenvalue weighted by atomic mass is 32.1. The fourth-order valence-corrected chi connectivity index (χ4v) is 4.35. The van der Waals surface area contributed by atoms with Crippen molar-refractivity contribution in [1.29, 1.82) is 0 Å². The van der Waals surface area contributed by atoms with Crippen LogP contribution in [0.3, 0.4) is 0 Å². The number of nitrogens with zero attached hydrogens (tertiary/aromatic N) is 2. The number of nitrogens with one attached hydrogen (secondary N) is 1. The first-order valence-electron chi connectivity index (χ1n) is 8.20. The third kappa shape index (κ3) is 2.84. The fraction of sp³-hybridized carbons (Fsp3) is 0.333. The summed E-state index contributed by atoms with van der Waals surface area (Å²) < 4.78 is 0.987. The lowest BCUT2D eigenvalue weighted by Crippen LogP contribution is -2.38. The van der Waals surface area contributed by atoms with Crippen LogP contribution in [0.5, 0.6) is 0 Å². The second-order valence-electron chi connectivity index (χ2n) is 6.38. The van der Waals surface area contributed by atoms with Gasteiger partial charge in [0.05, 0.1) is 27.1 Å². The maximum atomic E-state index is 12.4. The predicted octanol–water partition coefficient (Wildman–Crippen LogP) is 2.49. The van der Waals surface area contributed by atoms with Crippen LogP contribution in [0.1, 0.15) is 17.8 Å². The molecule has 1 aromatic heterocycles. The highest BCUT2D eigenvalue weighted by Crippen LogP contribution is 2.35. The molecule has 4 rings (SSSR count). The van der Waals surface area contributed by atoms with Crippen molar-refractivity contribution in [2.24, 2.45) is 11.8 Å². The van der Waals surface area contributed by atoms with Gasteiger partial charge in [0.2, 0.25) is 17.7 Å². The van der Waals surface area contributed by atoms with Gasteiger partial charge >= 0.3 is 0 Å². The molecule has 0 radical (unpaired) electrons. The summed E-state index contributed by atoms with van der Waals surface area (Å²) in [6.07, 6.45) is 5.02. The zero-order valence-corrected chi connectivity index (χ0v) is 14.5. The standard InChI is InChI=1S/C18H17N3O3S/c1-10-19-14-7-6-11(8-15(14)25-10)20-16(22)9-21-17(23)12-4-2-3-5-13(12)18(21)24/h2-3,6-8,12-13H,4-5,9H2,1H3,(H,20,22)/t12-,13-/m1/s1. The van der Waals surface area contributed by atoms with Gasteiger partial charge in [0.1, 0.15) is 6.54 Å². The van der Waals surface area contributed by atoms with E-state index >= 15 is 0 Å². The summed E-state index contributed by atoms with van der Waals surface area (Å²) in [6.45, 7) is 1.70. The molecular formula is C18H17N3O3S. The monoisotopic (exact) mass is 355 g/mol. The Morgan fingerprint density at radius 2 is 1.92 bits per heavy atom. The second-order valence-corrected chi connectivity index (χ2v) is 7.62. The van der Waals surface area contributed by atoms with Gasteiger partial charge in [0.25, 0.3) is 0 Å². The lowest BCUT2D eigenvalue weighted by Gasteiger charge is -2.14. The maximum absolute atomic E-state index is 12.4. The molecule has 0 unspecified atom stereocenters. The molecule has 0 spiro atoms. The predicted molar refractivity (Wildman–Crippen MR) is 95.1 cm³/mol. The van der Waals surface area contributed by atoms with Gasteiger partial charge in [-0.3, -0.25) is 19.3 Å². The zero-order chi connectivity index (χ0) is 17.6. The Kier molecular flexibility index (Phi) is 3.88. The number of anilines is 1. The topological polar surface area (TPSA) is 79.4 Å². The van der Waals surface area contributed by atoms with Crippen LogP contribution in [0.15, 0.2) is 30.4 Å². The van der Waals surface area contributed by atoms with Gasteiger partial charge in [-0.2, -0.15) is 0 Å². The molecule has 0 saturated carbocycles. The molecular weight excluding hydrogens is 338 g/mol. The van der Waals surface area contributed by atoms with Gasteiger partial charge in [0.15, 0.2) is 0 Å². The molecule has 1 aliphatic heterocycles. The van der Waals surface area contributed by atoms with Crippen molar-refractivity contribution in [3.05, 3.63) is 35.4 Å². The molecule has 3 amide bonds. The molecule has 1 fully saturated rings. The number of fused-ring (bicyclic) bond motifs is 2. The molecule has 1 saturated heterocycles. The summed E-state index contributed by atoms with van der Waals surface area (Å²) >= 11 is 1.55. The number of hydrogen-bond donors (Lipinski definition) is 1. The molecule has 0 bridgehead atoms. The number of carbonyl (C=O) groups excluding carboxylic acids is 3. The number of carbonyl (C=O) groups is 3. The molecule has 6 nitrogen and oxygen atoms in total. The zero-order valence-electron chi connectivity index (χ0n) is 13.7. The molecule has 1 N–H and O–H groups in total. The minimum atomic E-state index is -0.367. The Labute approximate surface area is 148 Å². The fourth-order valence-electron chi connectivity index (χ4n) is 3.49. The third-order valence-electron chi connectivity index (χ3n) is 4.68. The van der Waals surface area contributed by atoms with Crippen LogP contribution in [0.2, 0.25) is 0 Å². The van der Waals surface area contributed by atoms with Crippen molar-refractivity contribution in [2.75, 3.05) is 11.9 Å². The molecule has 128 valence electrons. The number of hydrogen-bond acceptors (Lipinski definition) is 5. The molecule has 7 heteroatoms. The lowest BCUT2D eigenvalue weighted by atomic mass is 9.85. The maximum Gasteiger partial charge on any atom is 0.244 e. The van der Waals surface area contributed by atoms with E-state index in [0.29, 0.717) is 18.5 Å². The Balaban J connectivity index is 1.46. The van der Waals surface area contributed by atoms with E-state index in [1.807, 2.05) is 31.2 Å². The summed E-state index contributed by atoms with van der Waals surface area (Å²) in [5, 5.41) is 3.73. The summed E-state index contributed by atoms with van der Waals surface area (Å²) in [4.78, 5) is 42.6. The van der Waals surface area contributed by atoms with Crippen molar-refractivity contribution < 1.29 is 14.4 Å². The Morgan fingerprint density at radius 1 is 1.24 bits per heavy atom. The van der Waals surface area contributed by atoms with E-state index in [2.05, 4.69) is 10.3 Å². The first-order valence-corrected chi connectivity index (χ1v) is 9.02. The number of benzene rings is 1. The van der Waals surface area contributed by atoms with E-state index in [-0.39, 0.29) is 36.1 Å². The molecule has 2 aromatic rings. The van der Waals surface area contributed by atoms with Crippen LogP contribution < -0.4 is 5.32 Å². The van der Waals surface area contributed by atoms with E-state index in [4.69, 9.17) is 0 Å². The van der Waals surface area contributed by atoms with Crippen molar-refractivity contribution in [3.63, 3.8) is 0 Å². The molecule has 1 aliphatic carbocycles. The van der Waals surface area contributed by atoms with Crippen molar-refractivity contribution in [2.45, 2.75) is 19.8 Å². The Bertz CT molecular complexity index is 891. The van der Waals surface area contributed by atoms with Gasteiger partial charge in [-0.15, -0.1) is 11.3 Å². The van der Waals surface area contributed by atoms with Gasteiger partial charge in [-0.25, -0.2) is 4.98 Å². The highest BCUT2D eigenvalue weighted by Gasteiger charge is 2.47. The Hall–Kier alpha value is -2.54. The van der Waals surface area contributed by atoms with Gasteiger partial charge in [-0.1, -0.05) is 12.2 Å². The number of allylic oxidation sites excluding steroid dienone is 2. The molecule has 2 atom stereocenters. The summed E-state index contributed by atoms with van der Waals surface area (Å²) in [5.41, 5.74) is 1.53. The van der Waals surface area contributed by atoms with E-state index in [9.17, 15) is 14.4 Å². The normalized spacial score (nSPS) is 22.5. The van der Waals surface area contributed by atoms with Crippen molar-refractivity contribution in [1.82, 2.24) is 9.88 Å². The van der Waals surface area contributed by atoms with Gasteiger partial charge < -0.3 is 5.32 Å². The number of thiazole rings is 1. The van der Waals surface area contributed by atoms with E-state index in [1.165, 1.54) is 0 Å². The minimum absolute atomic E-state index is 0.232. The molecule has 2 heterocycles. The van der Waals surface area contributed by atoms with Crippen LogP contribution in [-0.4, -0.2) is 34.2 Å². The van der Waals surface area contributed by atoms with Crippen LogP contribution >= 0.6 is 11.3 Å². The molecule has 2 aliphatic rings.